The molecule has 0 aromatic carbocycles. The molecule has 6 nitrogen and oxygen atoms in total. The Morgan fingerprint density at radius 2 is 2.16 bits per heavy atom. The van der Waals surface area contributed by atoms with Gasteiger partial charge in [0, 0.05) is 6.20 Å². The molecule has 3 heterocycles. The number of hydrogen-bond acceptors (Lipinski definition) is 5. The average Bonchev–Trinajstić information content (AvgIpc) is 3.02. The van der Waals surface area contributed by atoms with Crippen molar-refractivity contribution < 1.29 is 13.9 Å². The molecule has 0 saturated carbocycles. The van der Waals surface area contributed by atoms with Crippen LogP contribution in [-0.4, -0.2) is 27.7 Å². The number of esters is 1. The fraction of sp³-hybridized carbons (Fsp3) is 0.154. The van der Waals surface area contributed by atoms with Crippen LogP contribution in [0.3, 0.4) is 0 Å². The highest BCUT2D eigenvalue weighted by Crippen LogP contribution is 2.19. The number of ether oxygens (including phenoxy) is 1. The summed E-state index contributed by atoms with van der Waals surface area (Å²) in [5, 5.41) is 4.28. The first-order chi connectivity index (χ1) is 9.17. The molecule has 96 valence electrons. The van der Waals surface area contributed by atoms with Gasteiger partial charge in [0.25, 0.3) is 0 Å². The maximum atomic E-state index is 11.4. The van der Waals surface area contributed by atoms with E-state index in [-0.39, 0.29) is 0 Å². The molecule has 3 aromatic rings. The van der Waals surface area contributed by atoms with Crippen LogP contribution in [0.1, 0.15) is 16.1 Å². The van der Waals surface area contributed by atoms with Gasteiger partial charge in [-0.3, -0.25) is 0 Å². The Hall–Kier alpha value is -2.63. The number of aromatic nitrogens is 3. The third-order valence-corrected chi connectivity index (χ3v) is 2.71. The van der Waals surface area contributed by atoms with Crippen LogP contribution in [0.2, 0.25) is 0 Å². The van der Waals surface area contributed by atoms with Gasteiger partial charge < -0.3 is 9.15 Å². The summed E-state index contributed by atoms with van der Waals surface area (Å²) in [5.74, 6) is 1.47. The van der Waals surface area contributed by atoms with E-state index >= 15 is 0 Å². The van der Waals surface area contributed by atoms with Gasteiger partial charge in [-0.25, -0.2) is 14.3 Å². The molecule has 0 unspecified atom stereocenters. The first-order valence-corrected chi connectivity index (χ1v) is 5.69. The van der Waals surface area contributed by atoms with Crippen LogP contribution in [0.25, 0.3) is 17.2 Å². The van der Waals surface area contributed by atoms with Gasteiger partial charge in [0.2, 0.25) is 5.82 Å². The van der Waals surface area contributed by atoms with Crippen LogP contribution in [0.5, 0.6) is 0 Å². The summed E-state index contributed by atoms with van der Waals surface area (Å²) < 4.78 is 11.7. The number of pyridine rings is 1. The lowest BCUT2D eigenvalue weighted by Gasteiger charge is -1.98. The van der Waals surface area contributed by atoms with Gasteiger partial charge in [-0.1, -0.05) is 0 Å². The van der Waals surface area contributed by atoms with E-state index in [0.717, 1.165) is 5.76 Å². The number of nitrogens with zero attached hydrogens (tertiary/aromatic N) is 3. The second kappa shape index (κ2) is 4.24. The van der Waals surface area contributed by atoms with Crippen molar-refractivity contribution in [3.05, 3.63) is 41.8 Å². The SMILES string of the molecule is COC(=O)c1ccc2nc(-c3ccc(C)o3)nn2c1. The molecule has 3 rings (SSSR count). The van der Waals surface area contributed by atoms with Crippen molar-refractivity contribution in [2.24, 2.45) is 0 Å². The first kappa shape index (κ1) is 11.5. The highest BCUT2D eigenvalue weighted by molar-refractivity contribution is 5.89. The van der Waals surface area contributed by atoms with Crippen molar-refractivity contribution in [2.45, 2.75) is 6.92 Å². The quantitative estimate of drug-likeness (QED) is 0.657. The van der Waals surface area contributed by atoms with E-state index in [0.29, 0.717) is 22.8 Å². The predicted octanol–water partition coefficient (Wildman–Crippen LogP) is 2.08. The Balaban J connectivity index is 2.08. The standard InChI is InChI=1S/C13H11N3O3/c1-8-3-5-10(19-8)12-14-11-6-4-9(13(17)18-2)7-16(11)15-12/h3-7H,1-2H3. The summed E-state index contributed by atoms with van der Waals surface area (Å²) in [4.78, 5) is 15.8. The van der Waals surface area contributed by atoms with Crippen molar-refractivity contribution in [1.29, 1.82) is 0 Å². The summed E-state index contributed by atoms with van der Waals surface area (Å²) >= 11 is 0. The molecular formula is C13H11N3O3. The summed E-state index contributed by atoms with van der Waals surface area (Å²) in [6, 6.07) is 7.01. The lowest BCUT2D eigenvalue weighted by atomic mass is 10.3. The molecule has 0 spiro atoms. The molecule has 0 N–H and O–H groups in total. The van der Waals surface area contributed by atoms with E-state index in [9.17, 15) is 4.79 Å². The molecule has 19 heavy (non-hydrogen) atoms. The van der Waals surface area contributed by atoms with Gasteiger partial charge in [0.1, 0.15) is 5.76 Å². The number of aryl methyl sites for hydroxylation is 1. The number of fused-ring (bicyclic) bond motifs is 1. The molecular weight excluding hydrogens is 246 g/mol. The second-order valence-corrected chi connectivity index (χ2v) is 4.06. The first-order valence-electron chi connectivity index (χ1n) is 5.69. The van der Waals surface area contributed by atoms with Crippen LogP contribution in [0.4, 0.5) is 0 Å². The van der Waals surface area contributed by atoms with Crippen molar-refractivity contribution >= 4 is 11.6 Å². The largest absolute Gasteiger partial charge is 0.465 e. The molecule has 0 aliphatic rings. The van der Waals surface area contributed by atoms with Gasteiger partial charge in [-0.05, 0) is 31.2 Å². The number of methoxy groups -OCH3 is 1. The van der Waals surface area contributed by atoms with E-state index in [1.54, 1.807) is 18.3 Å². The Labute approximate surface area is 108 Å². The number of hydrogen-bond donors (Lipinski definition) is 0. The minimum absolute atomic E-state index is 0.409. The third-order valence-electron chi connectivity index (χ3n) is 2.71. The number of rotatable bonds is 2. The van der Waals surface area contributed by atoms with Crippen LogP contribution in [0, 0.1) is 6.92 Å². The molecule has 6 heteroatoms. The summed E-state index contributed by atoms with van der Waals surface area (Å²) in [5.41, 5.74) is 1.05. The fourth-order valence-corrected chi connectivity index (χ4v) is 1.78. The fourth-order valence-electron chi connectivity index (χ4n) is 1.78. The lowest BCUT2D eigenvalue weighted by Crippen LogP contribution is -2.03. The minimum Gasteiger partial charge on any atom is -0.465 e. The average molecular weight is 257 g/mol. The topological polar surface area (TPSA) is 69.6 Å². The van der Waals surface area contributed by atoms with E-state index < -0.39 is 5.97 Å². The Kier molecular flexibility index (Phi) is 2.56. The van der Waals surface area contributed by atoms with Crippen LogP contribution in [-0.2, 0) is 4.74 Å². The predicted molar refractivity (Wildman–Crippen MR) is 66.8 cm³/mol. The van der Waals surface area contributed by atoms with Crippen molar-refractivity contribution in [2.75, 3.05) is 7.11 Å². The highest BCUT2D eigenvalue weighted by Gasteiger charge is 2.12. The zero-order valence-corrected chi connectivity index (χ0v) is 10.5. The van der Waals surface area contributed by atoms with Crippen molar-refractivity contribution in [3.63, 3.8) is 0 Å². The zero-order chi connectivity index (χ0) is 13.4. The molecule has 3 aromatic heterocycles. The van der Waals surface area contributed by atoms with E-state index in [1.807, 2.05) is 19.1 Å². The Bertz CT molecular complexity index is 757. The minimum atomic E-state index is -0.409. The van der Waals surface area contributed by atoms with Crippen LogP contribution < -0.4 is 0 Å². The normalized spacial score (nSPS) is 10.8. The van der Waals surface area contributed by atoms with Gasteiger partial charge in [0.05, 0.1) is 12.7 Å². The molecule has 0 atom stereocenters. The second-order valence-electron chi connectivity index (χ2n) is 4.06. The van der Waals surface area contributed by atoms with Gasteiger partial charge >= 0.3 is 5.97 Å². The van der Waals surface area contributed by atoms with Gasteiger partial charge in [-0.15, -0.1) is 5.10 Å². The maximum absolute atomic E-state index is 11.4. The lowest BCUT2D eigenvalue weighted by molar-refractivity contribution is 0.0600. The smallest absolute Gasteiger partial charge is 0.339 e. The number of furan rings is 1. The summed E-state index contributed by atoms with van der Waals surface area (Å²) in [6.45, 7) is 1.86. The monoisotopic (exact) mass is 257 g/mol. The molecule has 0 saturated heterocycles. The summed E-state index contributed by atoms with van der Waals surface area (Å²) in [6.07, 6.45) is 1.58. The van der Waals surface area contributed by atoms with Crippen LogP contribution in [0.15, 0.2) is 34.9 Å². The van der Waals surface area contributed by atoms with E-state index in [1.165, 1.54) is 11.6 Å². The number of carbonyl (C=O) groups excluding carboxylic acids is 1. The van der Waals surface area contributed by atoms with Gasteiger partial charge in [-0.2, -0.15) is 0 Å². The molecule has 0 aliphatic heterocycles. The highest BCUT2D eigenvalue weighted by atomic mass is 16.5. The Morgan fingerprint density at radius 1 is 1.32 bits per heavy atom. The number of carbonyl (C=O) groups is 1. The van der Waals surface area contributed by atoms with Crippen molar-refractivity contribution in [1.82, 2.24) is 14.6 Å². The van der Waals surface area contributed by atoms with E-state index in [2.05, 4.69) is 14.8 Å². The maximum Gasteiger partial charge on any atom is 0.339 e. The third kappa shape index (κ3) is 1.97. The molecule has 0 aliphatic carbocycles. The molecule has 0 amide bonds. The summed E-state index contributed by atoms with van der Waals surface area (Å²) in [7, 11) is 1.34. The zero-order valence-electron chi connectivity index (χ0n) is 10.5. The van der Waals surface area contributed by atoms with Crippen molar-refractivity contribution in [3.8, 4) is 11.6 Å². The van der Waals surface area contributed by atoms with Gasteiger partial charge in [0.15, 0.2) is 11.4 Å². The van der Waals surface area contributed by atoms with Crippen LogP contribution >= 0.6 is 0 Å². The molecule has 0 fully saturated rings. The molecule has 0 bridgehead atoms. The Morgan fingerprint density at radius 3 is 2.84 bits per heavy atom. The molecule has 0 radical (unpaired) electrons. The van der Waals surface area contributed by atoms with E-state index in [4.69, 9.17) is 4.42 Å².